The molecule has 3 nitrogen and oxygen atoms in total. The summed E-state index contributed by atoms with van der Waals surface area (Å²) in [4.78, 5) is 2.43. The Hall–Kier alpha value is -1.06. The van der Waals surface area contributed by atoms with E-state index in [1.165, 1.54) is 19.4 Å². The molecule has 1 aliphatic heterocycles. The second-order valence-electron chi connectivity index (χ2n) is 5.27. The number of rotatable bonds is 5. The highest BCUT2D eigenvalue weighted by Gasteiger charge is 2.20. The van der Waals surface area contributed by atoms with Gasteiger partial charge < -0.3 is 15.4 Å². The lowest BCUT2D eigenvalue weighted by Gasteiger charge is -2.19. The van der Waals surface area contributed by atoms with Gasteiger partial charge in [0.2, 0.25) is 0 Å². The van der Waals surface area contributed by atoms with Crippen molar-refractivity contribution in [3.05, 3.63) is 29.8 Å². The molecule has 0 saturated carbocycles. The molecule has 1 saturated heterocycles. The van der Waals surface area contributed by atoms with E-state index in [2.05, 4.69) is 11.9 Å². The molecule has 1 unspecified atom stereocenters. The number of ether oxygens (including phenoxy) is 1. The minimum Gasteiger partial charge on any atom is -0.494 e. The summed E-state index contributed by atoms with van der Waals surface area (Å²) in [6.45, 7) is 4.02. The summed E-state index contributed by atoms with van der Waals surface area (Å²) in [5, 5.41) is 0. The van der Waals surface area contributed by atoms with Gasteiger partial charge in [-0.25, -0.2) is 0 Å². The maximum Gasteiger partial charge on any atom is 0.119 e. The zero-order valence-electron chi connectivity index (χ0n) is 11.4. The van der Waals surface area contributed by atoms with Crippen LogP contribution in [0.3, 0.4) is 0 Å². The van der Waals surface area contributed by atoms with Gasteiger partial charge in [0, 0.05) is 12.1 Å². The van der Waals surface area contributed by atoms with Crippen molar-refractivity contribution in [2.24, 2.45) is 5.73 Å². The molecule has 1 heterocycles. The van der Waals surface area contributed by atoms with Crippen molar-refractivity contribution in [1.82, 2.24) is 4.90 Å². The first-order valence-electron chi connectivity index (χ1n) is 6.85. The lowest BCUT2D eigenvalue weighted by Crippen LogP contribution is -2.26. The number of hydrogen-bond acceptors (Lipinski definition) is 3. The first-order valence-corrected chi connectivity index (χ1v) is 6.85. The first kappa shape index (κ1) is 13.4. The summed E-state index contributed by atoms with van der Waals surface area (Å²) in [7, 11) is 2.20. The van der Waals surface area contributed by atoms with Gasteiger partial charge in [-0.05, 0) is 57.5 Å². The average molecular weight is 248 g/mol. The molecule has 0 aromatic heterocycles. The van der Waals surface area contributed by atoms with Crippen LogP contribution in [0.5, 0.6) is 5.75 Å². The minimum atomic E-state index is 0.0891. The minimum absolute atomic E-state index is 0.0891. The fourth-order valence-electron chi connectivity index (χ4n) is 2.52. The highest BCUT2D eigenvalue weighted by molar-refractivity contribution is 5.28. The summed E-state index contributed by atoms with van der Waals surface area (Å²) in [6.07, 6.45) is 3.75. The Bertz CT molecular complexity index is 361. The Morgan fingerprint density at radius 2 is 2.11 bits per heavy atom. The van der Waals surface area contributed by atoms with Crippen LogP contribution in [0.2, 0.25) is 0 Å². The lowest BCUT2D eigenvalue weighted by atomic mass is 10.1. The molecule has 0 bridgehead atoms. The molecule has 2 rings (SSSR count). The van der Waals surface area contributed by atoms with Crippen LogP contribution in [-0.2, 0) is 0 Å². The molecular formula is C15H24N2O. The van der Waals surface area contributed by atoms with Crippen molar-refractivity contribution in [2.45, 2.75) is 38.3 Å². The maximum absolute atomic E-state index is 5.82. The van der Waals surface area contributed by atoms with E-state index in [0.717, 1.165) is 24.3 Å². The van der Waals surface area contributed by atoms with Gasteiger partial charge in [-0.3, -0.25) is 0 Å². The SMILES string of the molecule is C[C@@H](N)c1ccc(OCCC2CCCN2C)cc1. The molecule has 18 heavy (non-hydrogen) atoms. The summed E-state index contributed by atoms with van der Waals surface area (Å²) in [5.41, 5.74) is 6.97. The van der Waals surface area contributed by atoms with Crippen LogP contribution in [0.1, 0.15) is 37.8 Å². The normalized spacial score (nSPS) is 22.1. The molecule has 0 radical (unpaired) electrons. The third-order valence-corrected chi connectivity index (χ3v) is 3.80. The van der Waals surface area contributed by atoms with Gasteiger partial charge in [0.05, 0.1) is 6.61 Å². The molecule has 0 aliphatic carbocycles. The molecule has 3 heteroatoms. The number of benzene rings is 1. The van der Waals surface area contributed by atoms with E-state index in [1.54, 1.807) is 0 Å². The van der Waals surface area contributed by atoms with E-state index in [1.807, 2.05) is 31.2 Å². The van der Waals surface area contributed by atoms with Crippen LogP contribution < -0.4 is 10.5 Å². The highest BCUT2D eigenvalue weighted by atomic mass is 16.5. The van der Waals surface area contributed by atoms with E-state index in [9.17, 15) is 0 Å². The number of nitrogens with two attached hydrogens (primary N) is 1. The van der Waals surface area contributed by atoms with Gasteiger partial charge >= 0.3 is 0 Å². The topological polar surface area (TPSA) is 38.5 Å². The Kier molecular flexibility index (Phi) is 4.61. The van der Waals surface area contributed by atoms with E-state index in [-0.39, 0.29) is 6.04 Å². The molecule has 0 amide bonds. The molecule has 2 N–H and O–H groups in total. The van der Waals surface area contributed by atoms with Crippen molar-refractivity contribution in [3.63, 3.8) is 0 Å². The standard InChI is InChI=1S/C15H24N2O/c1-12(16)13-5-7-15(8-6-13)18-11-9-14-4-3-10-17(14)2/h5-8,12,14H,3-4,9-11,16H2,1-2H3/t12-,14?/m1/s1. The summed E-state index contributed by atoms with van der Waals surface area (Å²) >= 11 is 0. The van der Waals surface area contributed by atoms with Gasteiger partial charge in [-0.1, -0.05) is 12.1 Å². The van der Waals surface area contributed by atoms with Crippen LogP contribution in [0.25, 0.3) is 0 Å². The Morgan fingerprint density at radius 1 is 1.39 bits per heavy atom. The predicted octanol–water partition coefficient (Wildman–Crippen LogP) is 2.57. The van der Waals surface area contributed by atoms with E-state index >= 15 is 0 Å². The number of hydrogen-bond donors (Lipinski definition) is 1. The second-order valence-corrected chi connectivity index (χ2v) is 5.27. The van der Waals surface area contributed by atoms with E-state index < -0.39 is 0 Å². The van der Waals surface area contributed by atoms with Gasteiger partial charge in [-0.2, -0.15) is 0 Å². The van der Waals surface area contributed by atoms with E-state index in [4.69, 9.17) is 10.5 Å². The van der Waals surface area contributed by atoms with Crippen molar-refractivity contribution < 1.29 is 4.74 Å². The summed E-state index contributed by atoms with van der Waals surface area (Å²) in [6, 6.07) is 8.90. The molecular weight excluding hydrogens is 224 g/mol. The van der Waals surface area contributed by atoms with Crippen molar-refractivity contribution in [3.8, 4) is 5.75 Å². The summed E-state index contributed by atoms with van der Waals surface area (Å²) < 4.78 is 5.78. The largest absolute Gasteiger partial charge is 0.494 e. The quantitative estimate of drug-likeness (QED) is 0.870. The zero-order valence-corrected chi connectivity index (χ0v) is 11.4. The van der Waals surface area contributed by atoms with Crippen LogP contribution in [0.4, 0.5) is 0 Å². The third kappa shape index (κ3) is 3.47. The zero-order chi connectivity index (χ0) is 13.0. The van der Waals surface area contributed by atoms with Crippen LogP contribution in [-0.4, -0.2) is 31.1 Å². The second kappa shape index (κ2) is 6.21. The smallest absolute Gasteiger partial charge is 0.119 e. The lowest BCUT2D eigenvalue weighted by molar-refractivity contribution is 0.233. The molecule has 2 atom stereocenters. The van der Waals surface area contributed by atoms with Crippen molar-refractivity contribution in [1.29, 1.82) is 0 Å². The van der Waals surface area contributed by atoms with Crippen LogP contribution in [0.15, 0.2) is 24.3 Å². The molecule has 1 aliphatic rings. The van der Waals surface area contributed by atoms with Crippen molar-refractivity contribution >= 4 is 0 Å². The molecule has 1 aromatic carbocycles. The predicted molar refractivity (Wildman–Crippen MR) is 74.8 cm³/mol. The van der Waals surface area contributed by atoms with Gasteiger partial charge in [0.25, 0.3) is 0 Å². The molecule has 0 spiro atoms. The molecule has 1 fully saturated rings. The summed E-state index contributed by atoms with van der Waals surface area (Å²) in [5.74, 6) is 0.944. The molecule has 1 aromatic rings. The van der Waals surface area contributed by atoms with Gasteiger partial charge in [0.1, 0.15) is 5.75 Å². The molecule has 100 valence electrons. The Balaban J connectivity index is 1.76. The Morgan fingerprint density at radius 3 is 2.67 bits per heavy atom. The Labute approximate surface area is 110 Å². The number of likely N-dealkylation sites (tertiary alicyclic amines) is 1. The average Bonchev–Trinajstić information content (AvgIpc) is 2.76. The monoisotopic (exact) mass is 248 g/mol. The van der Waals surface area contributed by atoms with Crippen molar-refractivity contribution in [2.75, 3.05) is 20.2 Å². The van der Waals surface area contributed by atoms with E-state index in [0.29, 0.717) is 6.04 Å². The highest BCUT2D eigenvalue weighted by Crippen LogP contribution is 2.19. The number of nitrogens with zero attached hydrogens (tertiary/aromatic N) is 1. The van der Waals surface area contributed by atoms with Crippen LogP contribution >= 0.6 is 0 Å². The fourth-order valence-corrected chi connectivity index (χ4v) is 2.52. The third-order valence-electron chi connectivity index (χ3n) is 3.80. The fraction of sp³-hybridized carbons (Fsp3) is 0.600. The van der Waals surface area contributed by atoms with Gasteiger partial charge in [-0.15, -0.1) is 0 Å². The van der Waals surface area contributed by atoms with Crippen LogP contribution in [0, 0.1) is 0 Å². The first-order chi connectivity index (χ1) is 8.66. The van der Waals surface area contributed by atoms with Gasteiger partial charge in [0.15, 0.2) is 0 Å². The maximum atomic E-state index is 5.82.